The van der Waals surface area contributed by atoms with Crippen LogP contribution in [0.15, 0.2) is 54.0 Å². The van der Waals surface area contributed by atoms with Gasteiger partial charge >= 0.3 is 0 Å². The van der Waals surface area contributed by atoms with Gasteiger partial charge in [-0.1, -0.05) is 44.0 Å². The summed E-state index contributed by atoms with van der Waals surface area (Å²) in [7, 11) is 0. The number of hydrogen-bond donors (Lipinski definition) is 1. The molecule has 2 amide bonds. The first-order chi connectivity index (χ1) is 15.7. The Morgan fingerprint density at radius 1 is 1.09 bits per heavy atom. The van der Waals surface area contributed by atoms with Crippen LogP contribution in [-0.4, -0.2) is 46.1 Å². The normalized spacial score (nSPS) is 14.5. The summed E-state index contributed by atoms with van der Waals surface area (Å²) in [6.45, 7) is 4.08. The van der Waals surface area contributed by atoms with Gasteiger partial charge in [0.1, 0.15) is 5.69 Å². The quantitative estimate of drug-likeness (QED) is 0.503. The maximum Gasteiger partial charge on any atom is 0.257 e. The highest BCUT2D eigenvalue weighted by Crippen LogP contribution is 2.30. The van der Waals surface area contributed by atoms with Gasteiger partial charge in [0.2, 0.25) is 5.91 Å². The molecule has 1 aliphatic rings. The van der Waals surface area contributed by atoms with E-state index in [1.807, 2.05) is 58.9 Å². The van der Waals surface area contributed by atoms with Gasteiger partial charge in [-0.25, -0.2) is 4.68 Å². The van der Waals surface area contributed by atoms with Crippen molar-refractivity contribution in [3.8, 4) is 16.3 Å². The van der Waals surface area contributed by atoms with E-state index in [1.165, 1.54) is 0 Å². The van der Waals surface area contributed by atoms with Crippen LogP contribution in [0.5, 0.6) is 0 Å². The van der Waals surface area contributed by atoms with Crippen LogP contribution in [0.25, 0.3) is 16.3 Å². The fourth-order valence-electron chi connectivity index (χ4n) is 4.08. The predicted octanol–water partition coefficient (Wildman–Crippen LogP) is 4.76. The van der Waals surface area contributed by atoms with Crippen molar-refractivity contribution in [2.75, 3.05) is 19.6 Å². The van der Waals surface area contributed by atoms with Crippen molar-refractivity contribution in [3.05, 3.63) is 59.6 Å². The molecule has 0 saturated carbocycles. The van der Waals surface area contributed by atoms with E-state index in [1.54, 1.807) is 16.0 Å². The molecule has 168 valence electrons. The average molecular weight is 451 g/mol. The second-order valence-corrected chi connectivity index (χ2v) is 9.16. The Bertz CT molecular complexity index is 1020. The average Bonchev–Trinajstić information content (AvgIpc) is 3.52. The second kappa shape index (κ2) is 10.6. The van der Waals surface area contributed by atoms with Crippen molar-refractivity contribution >= 4 is 23.2 Å². The van der Waals surface area contributed by atoms with Crippen molar-refractivity contribution in [1.82, 2.24) is 20.0 Å². The van der Waals surface area contributed by atoms with Crippen LogP contribution in [0.2, 0.25) is 0 Å². The first-order valence-electron chi connectivity index (χ1n) is 11.4. The molecule has 0 bridgehead atoms. The number of benzene rings is 1. The topological polar surface area (TPSA) is 67.2 Å². The maximum absolute atomic E-state index is 13.5. The summed E-state index contributed by atoms with van der Waals surface area (Å²) in [4.78, 5) is 28.8. The van der Waals surface area contributed by atoms with E-state index in [9.17, 15) is 9.59 Å². The van der Waals surface area contributed by atoms with Gasteiger partial charge in [-0.2, -0.15) is 5.10 Å². The van der Waals surface area contributed by atoms with Crippen molar-refractivity contribution in [2.45, 2.75) is 39.0 Å². The molecule has 1 fully saturated rings. The zero-order chi connectivity index (χ0) is 22.3. The SMILES string of the molecule is CCCCCNC(=O)C1CCN(C(=O)c2cn(-c3ccccc3)nc2-c2cccs2)CC1. The lowest BCUT2D eigenvalue weighted by molar-refractivity contribution is -0.126. The number of unbranched alkanes of at least 4 members (excludes halogenated alkanes) is 2. The highest BCUT2D eigenvalue weighted by Gasteiger charge is 2.30. The van der Waals surface area contributed by atoms with E-state index < -0.39 is 0 Å². The van der Waals surface area contributed by atoms with Gasteiger partial charge in [-0.15, -0.1) is 11.3 Å². The zero-order valence-electron chi connectivity index (χ0n) is 18.5. The summed E-state index contributed by atoms with van der Waals surface area (Å²) < 4.78 is 1.78. The lowest BCUT2D eigenvalue weighted by atomic mass is 9.95. The third-order valence-electron chi connectivity index (χ3n) is 5.95. The molecule has 0 atom stereocenters. The van der Waals surface area contributed by atoms with E-state index in [0.29, 0.717) is 37.2 Å². The van der Waals surface area contributed by atoms with Gasteiger partial charge in [0.05, 0.1) is 16.1 Å². The number of aromatic nitrogens is 2. The number of rotatable bonds is 8. The van der Waals surface area contributed by atoms with Crippen LogP contribution >= 0.6 is 11.3 Å². The molecule has 4 rings (SSSR count). The molecule has 1 aliphatic heterocycles. The number of likely N-dealkylation sites (tertiary alicyclic amines) is 1. The van der Waals surface area contributed by atoms with E-state index in [0.717, 1.165) is 36.4 Å². The van der Waals surface area contributed by atoms with E-state index in [-0.39, 0.29) is 17.7 Å². The fraction of sp³-hybridized carbons (Fsp3) is 0.400. The number of para-hydroxylation sites is 1. The molecular weight excluding hydrogens is 420 g/mol. The summed E-state index contributed by atoms with van der Waals surface area (Å²) in [5, 5.41) is 9.80. The summed E-state index contributed by atoms with van der Waals surface area (Å²) in [5.74, 6) is 0.103. The molecule has 3 aromatic rings. The Balaban J connectivity index is 1.45. The molecule has 0 aliphatic carbocycles. The van der Waals surface area contributed by atoms with Crippen molar-refractivity contribution in [1.29, 1.82) is 0 Å². The monoisotopic (exact) mass is 450 g/mol. The van der Waals surface area contributed by atoms with Crippen molar-refractivity contribution < 1.29 is 9.59 Å². The summed E-state index contributed by atoms with van der Waals surface area (Å²) in [6.07, 6.45) is 6.54. The number of nitrogens with zero attached hydrogens (tertiary/aromatic N) is 3. The van der Waals surface area contributed by atoms with E-state index in [2.05, 4.69) is 12.2 Å². The Kier molecular flexibility index (Phi) is 7.37. The second-order valence-electron chi connectivity index (χ2n) is 8.21. The minimum atomic E-state index is -0.0163. The number of piperidine rings is 1. The number of nitrogens with one attached hydrogen (secondary N) is 1. The molecule has 2 aromatic heterocycles. The van der Waals surface area contributed by atoms with Gasteiger partial charge in [-0.05, 0) is 42.8 Å². The molecule has 1 N–H and O–H groups in total. The molecule has 6 nitrogen and oxygen atoms in total. The van der Waals surface area contributed by atoms with Crippen LogP contribution in [0.4, 0.5) is 0 Å². The van der Waals surface area contributed by atoms with Gasteiger partial charge < -0.3 is 10.2 Å². The van der Waals surface area contributed by atoms with E-state index in [4.69, 9.17) is 5.10 Å². The highest BCUT2D eigenvalue weighted by atomic mass is 32.1. The Morgan fingerprint density at radius 2 is 1.88 bits per heavy atom. The van der Waals surface area contributed by atoms with E-state index >= 15 is 0 Å². The van der Waals surface area contributed by atoms with Crippen LogP contribution < -0.4 is 5.32 Å². The number of thiophene rings is 1. The maximum atomic E-state index is 13.5. The molecule has 1 saturated heterocycles. The van der Waals surface area contributed by atoms with Crippen molar-refractivity contribution in [2.24, 2.45) is 5.92 Å². The molecule has 3 heterocycles. The number of carbonyl (C=O) groups is 2. The first-order valence-corrected chi connectivity index (χ1v) is 12.3. The largest absolute Gasteiger partial charge is 0.356 e. The fourth-order valence-corrected chi connectivity index (χ4v) is 4.81. The molecule has 7 heteroatoms. The minimum absolute atomic E-state index is 0.00974. The molecule has 32 heavy (non-hydrogen) atoms. The molecular formula is C25H30N4O2S. The number of hydrogen-bond acceptors (Lipinski definition) is 4. The minimum Gasteiger partial charge on any atom is -0.356 e. The third kappa shape index (κ3) is 5.10. The smallest absolute Gasteiger partial charge is 0.257 e. The molecule has 0 spiro atoms. The van der Waals surface area contributed by atoms with Crippen LogP contribution in [0, 0.1) is 5.92 Å². The molecule has 1 aromatic carbocycles. The lowest BCUT2D eigenvalue weighted by Crippen LogP contribution is -2.43. The van der Waals surface area contributed by atoms with Crippen LogP contribution in [0.3, 0.4) is 0 Å². The lowest BCUT2D eigenvalue weighted by Gasteiger charge is -2.31. The Hall–Kier alpha value is -2.93. The van der Waals surface area contributed by atoms with Crippen LogP contribution in [-0.2, 0) is 4.79 Å². The highest BCUT2D eigenvalue weighted by molar-refractivity contribution is 7.13. The summed E-state index contributed by atoms with van der Waals surface area (Å²) in [6, 6.07) is 13.8. The summed E-state index contributed by atoms with van der Waals surface area (Å²) >= 11 is 1.58. The van der Waals surface area contributed by atoms with Gasteiger partial charge in [0.25, 0.3) is 5.91 Å². The van der Waals surface area contributed by atoms with Gasteiger partial charge in [0.15, 0.2) is 0 Å². The molecule has 0 radical (unpaired) electrons. The van der Waals surface area contributed by atoms with Gasteiger partial charge in [0, 0.05) is 31.7 Å². The number of amides is 2. The first kappa shape index (κ1) is 22.3. The Morgan fingerprint density at radius 3 is 2.56 bits per heavy atom. The van der Waals surface area contributed by atoms with Gasteiger partial charge in [-0.3, -0.25) is 9.59 Å². The summed E-state index contributed by atoms with van der Waals surface area (Å²) in [5.41, 5.74) is 2.24. The predicted molar refractivity (Wildman–Crippen MR) is 128 cm³/mol. The number of carbonyl (C=O) groups excluding carboxylic acids is 2. The Labute approximate surface area is 193 Å². The van der Waals surface area contributed by atoms with Crippen LogP contribution in [0.1, 0.15) is 49.4 Å². The molecule has 0 unspecified atom stereocenters. The van der Waals surface area contributed by atoms with Crippen molar-refractivity contribution in [3.63, 3.8) is 0 Å². The standard InChI is InChI=1S/C25H30N4O2S/c1-2-3-7-14-26-24(30)19-12-15-28(16-13-19)25(31)21-18-29(20-9-5-4-6-10-20)27-23(21)22-11-8-17-32-22/h4-6,8-11,17-19H,2-3,7,12-16H2,1H3,(H,26,30). The zero-order valence-corrected chi connectivity index (χ0v) is 19.3. The third-order valence-corrected chi connectivity index (χ3v) is 6.83.